The third-order valence-electron chi connectivity index (χ3n) is 7.00. The molecule has 0 radical (unpaired) electrons. The molecule has 4 bridgehead atoms. The van der Waals surface area contributed by atoms with Gasteiger partial charge in [0.15, 0.2) is 21.7 Å². The second-order valence-corrected chi connectivity index (χ2v) is 11.3. The van der Waals surface area contributed by atoms with E-state index in [0.29, 0.717) is 17.8 Å². The maximum Gasteiger partial charge on any atom is 0.339 e. The molecule has 5 rings (SSSR count). The maximum absolute atomic E-state index is 13.3. The number of nitrogens with zero attached hydrogens (tertiary/aromatic N) is 1. The highest BCUT2D eigenvalue weighted by molar-refractivity contribution is 7.90. The van der Waals surface area contributed by atoms with E-state index >= 15 is 0 Å². The van der Waals surface area contributed by atoms with E-state index in [1.807, 2.05) is 0 Å². The van der Waals surface area contributed by atoms with Gasteiger partial charge in [-0.15, -0.1) is 0 Å². The minimum Gasteiger partial charge on any atom is -0.451 e. The van der Waals surface area contributed by atoms with Crippen LogP contribution in [0.5, 0.6) is 0 Å². The molecule has 0 N–H and O–H groups in total. The zero-order valence-electron chi connectivity index (χ0n) is 17.0. The summed E-state index contributed by atoms with van der Waals surface area (Å²) in [6.45, 7) is 1.55. The number of carbonyl (C=O) groups excluding carboxylic acids is 2. The van der Waals surface area contributed by atoms with Crippen molar-refractivity contribution < 1.29 is 27.7 Å². The number of hydrogen-bond acceptors (Lipinski definition) is 7. The molecule has 8 nitrogen and oxygen atoms in total. The van der Waals surface area contributed by atoms with Crippen LogP contribution in [0.1, 0.15) is 55.8 Å². The zero-order chi connectivity index (χ0) is 21.8. The van der Waals surface area contributed by atoms with Crippen molar-refractivity contribution in [3.63, 3.8) is 0 Å². The van der Waals surface area contributed by atoms with E-state index in [0.717, 1.165) is 37.7 Å². The molecule has 4 aliphatic carbocycles. The predicted molar refractivity (Wildman–Crippen MR) is 107 cm³/mol. The monoisotopic (exact) mass is 435 g/mol. The van der Waals surface area contributed by atoms with Gasteiger partial charge in [-0.05, 0) is 75.3 Å². The minimum atomic E-state index is -3.83. The molecule has 9 heteroatoms. The summed E-state index contributed by atoms with van der Waals surface area (Å²) in [7, 11) is -3.83. The number of nitro groups is 1. The van der Waals surface area contributed by atoms with Crippen molar-refractivity contribution in [2.75, 3.05) is 6.26 Å². The van der Waals surface area contributed by atoms with E-state index in [1.165, 1.54) is 25.3 Å². The first-order valence-electron chi connectivity index (χ1n) is 10.2. The summed E-state index contributed by atoms with van der Waals surface area (Å²) in [5.74, 6) is 0.804. The second kappa shape index (κ2) is 7.14. The number of esters is 1. The summed E-state index contributed by atoms with van der Waals surface area (Å²) >= 11 is 0. The fourth-order valence-electron chi connectivity index (χ4n) is 6.23. The molecular formula is C21H25NO7S. The summed E-state index contributed by atoms with van der Waals surface area (Å²) in [5, 5.41) is 11.3. The van der Waals surface area contributed by atoms with Gasteiger partial charge in [-0.25, -0.2) is 13.2 Å². The van der Waals surface area contributed by atoms with Gasteiger partial charge in [-0.2, -0.15) is 0 Å². The Morgan fingerprint density at radius 2 is 1.67 bits per heavy atom. The van der Waals surface area contributed by atoms with Gasteiger partial charge in [-0.1, -0.05) is 0 Å². The summed E-state index contributed by atoms with van der Waals surface area (Å²) < 4.78 is 28.9. The summed E-state index contributed by atoms with van der Waals surface area (Å²) in [6.07, 6.45) is 6.05. The fourth-order valence-corrected chi connectivity index (χ4v) is 7.05. The van der Waals surface area contributed by atoms with Crippen LogP contribution in [0, 0.1) is 33.3 Å². The predicted octanol–water partition coefficient (Wildman–Crippen LogP) is 3.33. The second-order valence-electron chi connectivity index (χ2n) is 9.32. The summed E-state index contributed by atoms with van der Waals surface area (Å²) in [4.78, 5) is 35.8. The molecule has 4 aliphatic rings. The van der Waals surface area contributed by atoms with Crippen molar-refractivity contribution >= 4 is 27.3 Å². The van der Waals surface area contributed by atoms with E-state index in [4.69, 9.17) is 4.74 Å². The molecule has 0 heterocycles. The molecule has 4 fully saturated rings. The van der Waals surface area contributed by atoms with Crippen LogP contribution in [0.3, 0.4) is 0 Å². The standard InChI is InChI=1S/C21H25NO7S/c1-12(19(23)21-9-13-5-14(10-21)7-15(6-13)11-21)29-20(24)16-3-4-18(30(2,27)28)17(8-16)22(25)26/h3-4,8,12-15H,5-7,9-11H2,1-2H3. The van der Waals surface area contributed by atoms with Crippen LogP contribution in [-0.4, -0.2) is 37.5 Å². The van der Waals surface area contributed by atoms with Crippen LogP contribution < -0.4 is 0 Å². The average molecular weight is 435 g/mol. The van der Waals surface area contributed by atoms with Crippen LogP contribution in [0.15, 0.2) is 23.1 Å². The van der Waals surface area contributed by atoms with Gasteiger partial charge >= 0.3 is 5.97 Å². The Balaban J connectivity index is 1.52. The van der Waals surface area contributed by atoms with Crippen molar-refractivity contribution in [2.24, 2.45) is 23.2 Å². The van der Waals surface area contributed by atoms with Gasteiger partial charge in [0.25, 0.3) is 5.69 Å². The number of benzene rings is 1. The highest BCUT2D eigenvalue weighted by Gasteiger charge is 2.55. The topological polar surface area (TPSA) is 121 Å². The zero-order valence-corrected chi connectivity index (χ0v) is 17.8. The lowest BCUT2D eigenvalue weighted by Gasteiger charge is -2.56. The molecule has 1 unspecified atom stereocenters. The van der Waals surface area contributed by atoms with Crippen LogP contribution in [0.25, 0.3) is 0 Å². The molecular weight excluding hydrogens is 410 g/mol. The van der Waals surface area contributed by atoms with Crippen molar-refractivity contribution in [3.8, 4) is 0 Å². The molecule has 4 saturated carbocycles. The number of Topliss-reactive ketones (excluding diaryl/α,β-unsaturated/α-hetero) is 1. The molecule has 0 amide bonds. The molecule has 30 heavy (non-hydrogen) atoms. The number of ketones is 1. The summed E-state index contributed by atoms with van der Waals surface area (Å²) in [6, 6.07) is 3.09. The number of ether oxygens (including phenoxy) is 1. The average Bonchev–Trinajstić information content (AvgIpc) is 2.65. The molecule has 0 spiro atoms. The first kappa shape index (κ1) is 21.0. The van der Waals surface area contributed by atoms with E-state index in [2.05, 4.69) is 0 Å². The van der Waals surface area contributed by atoms with Crippen molar-refractivity contribution in [1.29, 1.82) is 0 Å². The van der Waals surface area contributed by atoms with Gasteiger partial charge in [0.1, 0.15) is 4.90 Å². The highest BCUT2D eigenvalue weighted by Crippen LogP contribution is 2.60. The molecule has 1 aromatic carbocycles. The number of sulfone groups is 1. The number of hydrogen-bond donors (Lipinski definition) is 0. The van der Waals surface area contributed by atoms with E-state index in [9.17, 15) is 28.1 Å². The number of nitro benzene ring substituents is 1. The quantitative estimate of drug-likeness (QED) is 0.382. The Kier molecular flexibility index (Phi) is 4.99. The van der Waals surface area contributed by atoms with Gasteiger partial charge in [0.05, 0.1) is 10.5 Å². The smallest absolute Gasteiger partial charge is 0.339 e. The largest absolute Gasteiger partial charge is 0.451 e. The lowest BCUT2D eigenvalue weighted by molar-refractivity contribution is -0.387. The van der Waals surface area contributed by atoms with Gasteiger partial charge in [-0.3, -0.25) is 14.9 Å². The van der Waals surface area contributed by atoms with E-state index < -0.39 is 42.8 Å². The van der Waals surface area contributed by atoms with E-state index in [-0.39, 0.29) is 11.3 Å². The van der Waals surface area contributed by atoms with E-state index in [1.54, 1.807) is 6.92 Å². The first-order chi connectivity index (χ1) is 14.0. The fraction of sp³-hybridized carbons (Fsp3) is 0.619. The normalized spacial score (nSPS) is 30.7. The third-order valence-corrected chi connectivity index (χ3v) is 8.15. The Morgan fingerprint density at radius 1 is 1.13 bits per heavy atom. The number of rotatable bonds is 6. The summed E-state index contributed by atoms with van der Waals surface area (Å²) in [5.41, 5.74) is -1.26. The third kappa shape index (κ3) is 3.64. The Hall–Kier alpha value is -2.29. The van der Waals surface area contributed by atoms with Gasteiger partial charge < -0.3 is 4.74 Å². The molecule has 162 valence electrons. The van der Waals surface area contributed by atoms with Crippen LogP contribution in [0.2, 0.25) is 0 Å². The molecule has 1 atom stereocenters. The lowest BCUT2D eigenvalue weighted by atomic mass is 9.48. The van der Waals surface area contributed by atoms with Crippen molar-refractivity contribution in [3.05, 3.63) is 33.9 Å². The first-order valence-corrected chi connectivity index (χ1v) is 12.1. The van der Waals surface area contributed by atoms with Crippen LogP contribution in [-0.2, 0) is 19.4 Å². The Labute approximate surface area is 175 Å². The molecule has 0 aromatic heterocycles. The van der Waals surface area contributed by atoms with Crippen molar-refractivity contribution in [1.82, 2.24) is 0 Å². The van der Waals surface area contributed by atoms with Gasteiger partial charge in [0, 0.05) is 17.7 Å². The minimum absolute atomic E-state index is 0.0581. The van der Waals surface area contributed by atoms with Crippen LogP contribution >= 0.6 is 0 Å². The Morgan fingerprint density at radius 3 is 2.13 bits per heavy atom. The van der Waals surface area contributed by atoms with Crippen LogP contribution in [0.4, 0.5) is 5.69 Å². The molecule has 0 saturated heterocycles. The molecule has 1 aromatic rings. The maximum atomic E-state index is 13.3. The van der Waals surface area contributed by atoms with Gasteiger partial charge in [0.2, 0.25) is 0 Å². The Bertz CT molecular complexity index is 995. The lowest BCUT2D eigenvalue weighted by Crippen LogP contribution is -2.52. The molecule has 0 aliphatic heterocycles. The highest BCUT2D eigenvalue weighted by atomic mass is 32.2. The SMILES string of the molecule is CC(OC(=O)c1ccc(S(C)(=O)=O)c([N+](=O)[O-])c1)C(=O)C12CC3CC(CC(C3)C1)C2. The van der Waals surface area contributed by atoms with Crippen molar-refractivity contribution in [2.45, 2.75) is 56.4 Å². The number of carbonyl (C=O) groups is 2.